The Labute approximate surface area is 110 Å². The zero-order chi connectivity index (χ0) is 14.3. The van der Waals surface area contributed by atoms with E-state index in [0.29, 0.717) is 17.2 Å². The molecule has 4 nitrogen and oxygen atoms in total. The van der Waals surface area contributed by atoms with Crippen LogP contribution in [0.4, 0.5) is 0 Å². The molecule has 0 aliphatic carbocycles. The molecule has 0 rings (SSSR count). The summed E-state index contributed by atoms with van der Waals surface area (Å²) in [6, 6.07) is 0.513. The number of ketones is 1. The summed E-state index contributed by atoms with van der Waals surface area (Å²) in [5.74, 6) is -0.213. The van der Waals surface area contributed by atoms with Gasteiger partial charge in [-0.3, -0.25) is 9.59 Å². The van der Waals surface area contributed by atoms with Gasteiger partial charge in [0.2, 0.25) is 0 Å². The Morgan fingerprint density at radius 2 is 1.72 bits per heavy atom. The van der Waals surface area contributed by atoms with Crippen molar-refractivity contribution in [3.05, 3.63) is 24.3 Å². The first-order chi connectivity index (χ1) is 8.30. The van der Waals surface area contributed by atoms with Crippen molar-refractivity contribution in [1.29, 1.82) is 0 Å². The number of carbonyl (C=O) groups excluding carboxylic acids is 2. The second kappa shape index (κ2) is 7.40. The van der Waals surface area contributed by atoms with Gasteiger partial charge in [-0.25, -0.2) is 0 Å². The second-order valence-corrected chi connectivity index (χ2v) is 7.47. The van der Waals surface area contributed by atoms with Gasteiger partial charge in [-0.1, -0.05) is 26.5 Å². The number of rotatable bonds is 9. The van der Waals surface area contributed by atoms with Gasteiger partial charge in [0.25, 0.3) is 0 Å². The zero-order valence-electron chi connectivity index (χ0n) is 11.7. The van der Waals surface area contributed by atoms with Crippen molar-refractivity contribution in [2.45, 2.75) is 33.2 Å². The maximum absolute atomic E-state index is 12.1. The van der Waals surface area contributed by atoms with Crippen LogP contribution in [0, 0.1) is 0 Å². The summed E-state index contributed by atoms with van der Waals surface area (Å²) in [7, 11) is -1.59. The predicted molar refractivity (Wildman–Crippen MR) is 73.5 cm³/mol. The third kappa shape index (κ3) is 4.32. The first kappa shape index (κ1) is 17.0. The number of hydrogen-bond donors (Lipinski definition) is 0. The van der Waals surface area contributed by atoms with Gasteiger partial charge < -0.3 is 8.85 Å². The third-order valence-electron chi connectivity index (χ3n) is 2.55. The van der Waals surface area contributed by atoms with Crippen molar-refractivity contribution in [3.63, 3.8) is 0 Å². The summed E-state index contributed by atoms with van der Waals surface area (Å²) in [5.41, 5.74) is 0.813. The normalized spacial score (nSPS) is 13.8. The smallest absolute Gasteiger partial charge is 0.392 e. The molecule has 0 bridgehead atoms. The van der Waals surface area contributed by atoms with Crippen molar-refractivity contribution >= 4 is 19.8 Å². The van der Waals surface area contributed by atoms with E-state index in [1.165, 1.54) is 7.11 Å². The summed E-state index contributed by atoms with van der Waals surface area (Å²) in [6.07, 6.45) is 0.750. The van der Waals surface area contributed by atoms with Crippen LogP contribution in [-0.4, -0.2) is 33.5 Å². The third-order valence-corrected chi connectivity index (χ3v) is 6.10. The molecule has 0 aromatic heterocycles. The van der Waals surface area contributed by atoms with Gasteiger partial charge in [-0.05, 0) is 31.0 Å². The van der Waals surface area contributed by atoms with Gasteiger partial charge in [0.15, 0.2) is 11.2 Å². The van der Waals surface area contributed by atoms with Crippen LogP contribution in [0.3, 0.4) is 0 Å². The Bertz CT molecular complexity index is 362. The number of hydrogen-bond acceptors (Lipinski definition) is 4. The Kier molecular flexibility index (Phi) is 6.98. The standard InChI is InChI=1S/C13H22O4Si/c1-7-8-18(16-6,13(15)11(4)5)17-9-12(14)10(2)3/h2,4,7-9H2,1,3,5-6H3. The van der Waals surface area contributed by atoms with Gasteiger partial charge in [-0.15, -0.1) is 0 Å². The Morgan fingerprint density at radius 1 is 1.17 bits per heavy atom. The molecule has 0 spiro atoms. The Hall–Kier alpha value is -1.04. The summed E-state index contributed by atoms with van der Waals surface area (Å²) in [4.78, 5) is 23.7. The number of allylic oxidation sites excluding steroid dienone is 1. The quantitative estimate of drug-likeness (QED) is 0.476. The van der Waals surface area contributed by atoms with E-state index in [9.17, 15) is 9.59 Å². The Morgan fingerprint density at radius 3 is 2.06 bits per heavy atom. The molecule has 0 N–H and O–H groups in total. The van der Waals surface area contributed by atoms with Crippen LogP contribution in [0.1, 0.15) is 27.2 Å². The molecule has 0 aliphatic rings. The largest absolute Gasteiger partial charge is 0.415 e. The molecular weight excluding hydrogens is 248 g/mol. The van der Waals surface area contributed by atoms with Crippen molar-refractivity contribution in [2.75, 3.05) is 13.7 Å². The van der Waals surface area contributed by atoms with Crippen LogP contribution >= 0.6 is 0 Å². The fraction of sp³-hybridized carbons (Fsp3) is 0.538. The molecule has 0 heterocycles. The summed E-state index contributed by atoms with van der Waals surface area (Å²) in [6.45, 7) is 12.2. The fourth-order valence-electron chi connectivity index (χ4n) is 1.46. The molecule has 1 unspecified atom stereocenters. The summed E-state index contributed by atoms with van der Waals surface area (Å²) >= 11 is 0. The van der Waals surface area contributed by atoms with Crippen LogP contribution in [-0.2, 0) is 18.4 Å². The topological polar surface area (TPSA) is 52.6 Å². The lowest BCUT2D eigenvalue weighted by atomic mass is 10.2. The van der Waals surface area contributed by atoms with Crippen LogP contribution in [0.2, 0.25) is 6.04 Å². The molecule has 1 atom stereocenters. The lowest BCUT2D eigenvalue weighted by Gasteiger charge is -2.27. The maximum Gasteiger partial charge on any atom is 0.415 e. The predicted octanol–water partition coefficient (Wildman–Crippen LogP) is 2.33. The SMILES string of the molecule is C=C(C)C(=O)CO[Si](CCC)(OC)C(=O)C(=C)C. The minimum atomic E-state index is -3.04. The highest BCUT2D eigenvalue weighted by Gasteiger charge is 2.45. The molecule has 0 amide bonds. The van der Waals surface area contributed by atoms with Gasteiger partial charge >= 0.3 is 8.56 Å². The molecular formula is C13H22O4Si. The van der Waals surface area contributed by atoms with Gasteiger partial charge in [0, 0.05) is 7.11 Å². The van der Waals surface area contributed by atoms with Crippen molar-refractivity contribution in [3.8, 4) is 0 Å². The molecule has 18 heavy (non-hydrogen) atoms. The average Bonchev–Trinajstić information content (AvgIpc) is 2.32. The van der Waals surface area contributed by atoms with Crippen molar-refractivity contribution in [1.82, 2.24) is 0 Å². The Balaban J connectivity index is 4.98. The van der Waals surface area contributed by atoms with Gasteiger partial charge in [-0.2, -0.15) is 0 Å². The highest BCUT2D eigenvalue weighted by atomic mass is 28.4. The van der Waals surface area contributed by atoms with Gasteiger partial charge in [0.1, 0.15) is 0 Å². The maximum atomic E-state index is 12.1. The molecule has 0 fully saturated rings. The molecule has 5 heteroatoms. The van der Waals surface area contributed by atoms with E-state index in [1.54, 1.807) is 13.8 Å². The van der Waals surface area contributed by atoms with E-state index in [-0.39, 0.29) is 17.8 Å². The first-order valence-electron chi connectivity index (χ1n) is 5.88. The molecule has 102 valence electrons. The van der Waals surface area contributed by atoms with Crippen molar-refractivity contribution < 1.29 is 18.4 Å². The van der Waals surface area contributed by atoms with E-state index in [4.69, 9.17) is 8.85 Å². The van der Waals surface area contributed by atoms with Crippen LogP contribution in [0.25, 0.3) is 0 Å². The molecule has 0 radical (unpaired) electrons. The minimum Gasteiger partial charge on any atom is -0.392 e. The van der Waals surface area contributed by atoms with Crippen LogP contribution in [0.5, 0.6) is 0 Å². The fourth-order valence-corrected chi connectivity index (χ4v) is 4.15. The van der Waals surface area contributed by atoms with E-state index < -0.39 is 8.56 Å². The summed E-state index contributed by atoms with van der Waals surface area (Å²) < 4.78 is 10.9. The van der Waals surface area contributed by atoms with Crippen LogP contribution in [0.15, 0.2) is 24.3 Å². The number of carbonyl (C=O) groups is 2. The molecule has 0 aromatic rings. The van der Waals surface area contributed by atoms with Gasteiger partial charge in [0.05, 0.1) is 6.61 Å². The highest BCUT2D eigenvalue weighted by Crippen LogP contribution is 2.20. The lowest BCUT2D eigenvalue weighted by Crippen LogP contribution is -2.51. The van der Waals surface area contributed by atoms with E-state index in [1.807, 2.05) is 6.92 Å². The van der Waals surface area contributed by atoms with E-state index in [0.717, 1.165) is 6.42 Å². The van der Waals surface area contributed by atoms with E-state index in [2.05, 4.69) is 13.2 Å². The minimum absolute atomic E-state index is 0.158. The van der Waals surface area contributed by atoms with E-state index >= 15 is 0 Å². The molecule has 0 saturated carbocycles. The van der Waals surface area contributed by atoms with Crippen LogP contribution < -0.4 is 0 Å². The zero-order valence-corrected chi connectivity index (χ0v) is 12.7. The molecule has 0 aromatic carbocycles. The summed E-state index contributed by atoms with van der Waals surface area (Å²) in [5, 5.41) is -0.193. The average molecular weight is 270 g/mol. The molecule has 0 saturated heterocycles. The number of Topliss-reactive ketones (excluding diaryl/α,β-unsaturated/α-hetero) is 1. The monoisotopic (exact) mass is 270 g/mol. The van der Waals surface area contributed by atoms with Crippen molar-refractivity contribution in [2.24, 2.45) is 0 Å². The second-order valence-electron chi connectivity index (χ2n) is 4.31. The molecule has 0 aliphatic heterocycles. The highest BCUT2D eigenvalue weighted by molar-refractivity contribution is 6.99. The first-order valence-corrected chi connectivity index (χ1v) is 7.91. The lowest BCUT2D eigenvalue weighted by molar-refractivity contribution is -0.118.